The van der Waals surface area contributed by atoms with Crippen molar-refractivity contribution in [3.05, 3.63) is 64.7 Å². The van der Waals surface area contributed by atoms with E-state index in [1.165, 1.54) is 13.0 Å². The van der Waals surface area contributed by atoms with Gasteiger partial charge in [-0.2, -0.15) is 0 Å². The van der Waals surface area contributed by atoms with E-state index in [2.05, 4.69) is 0 Å². The number of Topliss-reactive ketones (excluding diaryl/α,β-unsaturated/α-hetero) is 1. The molecule has 2 aromatic rings. The molecule has 0 heterocycles. The van der Waals surface area contributed by atoms with Crippen molar-refractivity contribution in [1.82, 2.24) is 0 Å². The highest BCUT2D eigenvalue weighted by molar-refractivity contribution is 5.97. The molecule has 0 spiro atoms. The summed E-state index contributed by atoms with van der Waals surface area (Å²) in [5.74, 6) is 0.0544. The number of benzene rings is 2. The lowest BCUT2D eigenvalue weighted by Gasteiger charge is -2.13. The number of carbonyl (C=O) groups excluding carboxylic acids is 1. The number of hydrogen-bond acceptors (Lipinski definition) is 4. The smallest absolute Gasteiger partial charge is 0.328 e. The van der Waals surface area contributed by atoms with Crippen LogP contribution < -0.4 is 9.47 Å². The molecule has 0 bridgehead atoms. The zero-order chi connectivity index (χ0) is 18.4. The van der Waals surface area contributed by atoms with Crippen LogP contribution in [0.5, 0.6) is 11.5 Å². The molecular formula is C20H20O5. The molecule has 0 saturated heterocycles. The Morgan fingerprint density at radius 2 is 1.84 bits per heavy atom. The van der Waals surface area contributed by atoms with Crippen molar-refractivity contribution in [1.29, 1.82) is 0 Å². The standard InChI is InChI=1S/C20H20O5/c1-13-4-7-19(17(10-13)14(2)21)25-12-16-11-15(6-9-20(22)23)5-8-18(16)24-3/h4-11H,12H2,1-3H3,(H,22,23). The summed E-state index contributed by atoms with van der Waals surface area (Å²) in [5, 5.41) is 8.73. The van der Waals surface area contributed by atoms with Crippen LogP contribution in [0.4, 0.5) is 0 Å². The van der Waals surface area contributed by atoms with Crippen LogP contribution in [-0.2, 0) is 11.4 Å². The normalized spacial score (nSPS) is 10.7. The second-order valence-electron chi connectivity index (χ2n) is 5.59. The summed E-state index contributed by atoms with van der Waals surface area (Å²) >= 11 is 0. The first-order valence-electron chi connectivity index (χ1n) is 7.73. The van der Waals surface area contributed by atoms with Crippen molar-refractivity contribution in [3.63, 3.8) is 0 Å². The molecule has 2 aromatic carbocycles. The zero-order valence-electron chi connectivity index (χ0n) is 14.4. The van der Waals surface area contributed by atoms with Gasteiger partial charge in [-0.15, -0.1) is 0 Å². The lowest BCUT2D eigenvalue weighted by Crippen LogP contribution is -2.03. The fourth-order valence-electron chi connectivity index (χ4n) is 2.38. The van der Waals surface area contributed by atoms with Gasteiger partial charge in [0.15, 0.2) is 5.78 Å². The quantitative estimate of drug-likeness (QED) is 0.611. The molecule has 0 aliphatic heterocycles. The Morgan fingerprint density at radius 1 is 1.12 bits per heavy atom. The molecule has 0 saturated carbocycles. The maximum Gasteiger partial charge on any atom is 0.328 e. The van der Waals surface area contributed by atoms with Gasteiger partial charge < -0.3 is 14.6 Å². The summed E-state index contributed by atoms with van der Waals surface area (Å²) in [4.78, 5) is 22.4. The molecule has 0 unspecified atom stereocenters. The maximum atomic E-state index is 11.8. The van der Waals surface area contributed by atoms with E-state index in [0.717, 1.165) is 22.8 Å². The monoisotopic (exact) mass is 340 g/mol. The van der Waals surface area contributed by atoms with Gasteiger partial charge in [-0.3, -0.25) is 4.79 Å². The molecule has 0 aliphatic carbocycles. The Morgan fingerprint density at radius 3 is 2.48 bits per heavy atom. The number of methoxy groups -OCH3 is 1. The van der Waals surface area contributed by atoms with E-state index < -0.39 is 5.97 Å². The van der Waals surface area contributed by atoms with Gasteiger partial charge in [-0.1, -0.05) is 17.7 Å². The average Bonchev–Trinajstić information content (AvgIpc) is 2.58. The fraction of sp³-hybridized carbons (Fsp3) is 0.200. The maximum absolute atomic E-state index is 11.8. The predicted molar refractivity (Wildman–Crippen MR) is 95.2 cm³/mol. The highest BCUT2D eigenvalue weighted by Gasteiger charge is 2.11. The van der Waals surface area contributed by atoms with Crippen molar-refractivity contribution >= 4 is 17.8 Å². The Kier molecular flexibility index (Phi) is 5.95. The van der Waals surface area contributed by atoms with Gasteiger partial charge in [0.2, 0.25) is 0 Å². The second kappa shape index (κ2) is 8.15. The first-order valence-corrected chi connectivity index (χ1v) is 7.73. The second-order valence-corrected chi connectivity index (χ2v) is 5.59. The Balaban J connectivity index is 2.26. The SMILES string of the molecule is COc1ccc(C=CC(=O)O)cc1COc1ccc(C)cc1C(C)=O. The Hall–Kier alpha value is -3.08. The van der Waals surface area contributed by atoms with E-state index in [4.69, 9.17) is 14.6 Å². The van der Waals surface area contributed by atoms with Crippen molar-refractivity contribution < 1.29 is 24.2 Å². The number of rotatable bonds is 7. The van der Waals surface area contributed by atoms with E-state index in [1.807, 2.05) is 13.0 Å². The fourth-order valence-corrected chi connectivity index (χ4v) is 2.38. The highest BCUT2D eigenvalue weighted by Crippen LogP contribution is 2.25. The van der Waals surface area contributed by atoms with Gasteiger partial charge in [0, 0.05) is 11.6 Å². The minimum Gasteiger partial charge on any atom is -0.496 e. The van der Waals surface area contributed by atoms with Crippen LogP contribution in [0.2, 0.25) is 0 Å². The van der Waals surface area contributed by atoms with E-state index in [0.29, 0.717) is 17.1 Å². The Labute approximate surface area is 146 Å². The van der Waals surface area contributed by atoms with Crippen LogP contribution in [0.25, 0.3) is 6.08 Å². The molecule has 0 aliphatic rings. The van der Waals surface area contributed by atoms with E-state index in [-0.39, 0.29) is 12.4 Å². The molecule has 0 aromatic heterocycles. The summed E-state index contributed by atoms with van der Waals surface area (Å²) in [5.41, 5.74) is 2.99. The number of aryl methyl sites for hydroxylation is 1. The summed E-state index contributed by atoms with van der Waals surface area (Å²) in [6.07, 6.45) is 2.57. The van der Waals surface area contributed by atoms with Crippen LogP contribution in [-0.4, -0.2) is 24.0 Å². The number of carboxylic acids is 1. The molecule has 0 atom stereocenters. The minimum absolute atomic E-state index is 0.0659. The number of ether oxygens (including phenoxy) is 2. The number of aliphatic carboxylic acids is 1. The van der Waals surface area contributed by atoms with Gasteiger partial charge in [-0.25, -0.2) is 4.79 Å². The number of hydrogen-bond donors (Lipinski definition) is 1. The van der Waals surface area contributed by atoms with Gasteiger partial charge in [0.1, 0.15) is 18.1 Å². The van der Waals surface area contributed by atoms with Crippen LogP contribution in [0.15, 0.2) is 42.5 Å². The largest absolute Gasteiger partial charge is 0.496 e. The third-order valence-electron chi connectivity index (χ3n) is 3.62. The van der Waals surface area contributed by atoms with Crippen molar-refractivity contribution in [2.45, 2.75) is 20.5 Å². The number of ketones is 1. The van der Waals surface area contributed by atoms with E-state index in [1.54, 1.807) is 37.4 Å². The number of carboxylic acid groups (broad SMARTS) is 1. The van der Waals surface area contributed by atoms with E-state index >= 15 is 0 Å². The molecule has 5 heteroatoms. The van der Waals surface area contributed by atoms with E-state index in [9.17, 15) is 9.59 Å². The molecular weight excluding hydrogens is 320 g/mol. The summed E-state index contributed by atoms with van der Waals surface area (Å²) < 4.78 is 11.1. The minimum atomic E-state index is -1.01. The first-order chi connectivity index (χ1) is 11.9. The number of carbonyl (C=O) groups is 2. The van der Waals surface area contributed by atoms with Crippen LogP contribution in [0.1, 0.15) is 34.0 Å². The topological polar surface area (TPSA) is 72.8 Å². The van der Waals surface area contributed by atoms with Gasteiger partial charge in [0.05, 0.1) is 12.7 Å². The lowest BCUT2D eigenvalue weighted by atomic mass is 10.1. The molecule has 2 rings (SSSR count). The molecule has 5 nitrogen and oxygen atoms in total. The third-order valence-corrected chi connectivity index (χ3v) is 3.62. The van der Waals surface area contributed by atoms with Gasteiger partial charge in [0.25, 0.3) is 0 Å². The zero-order valence-corrected chi connectivity index (χ0v) is 14.4. The van der Waals surface area contributed by atoms with Crippen LogP contribution >= 0.6 is 0 Å². The summed E-state index contributed by atoms with van der Waals surface area (Å²) in [6.45, 7) is 3.61. The van der Waals surface area contributed by atoms with Gasteiger partial charge in [-0.05, 0) is 49.8 Å². The third kappa shape index (κ3) is 4.94. The average molecular weight is 340 g/mol. The van der Waals surface area contributed by atoms with Gasteiger partial charge >= 0.3 is 5.97 Å². The van der Waals surface area contributed by atoms with Crippen LogP contribution in [0, 0.1) is 6.92 Å². The predicted octanol–water partition coefficient (Wildman–Crippen LogP) is 3.88. The molecule has 0 radical (unpaired) electrons. The first kappa shape index (κ1) is 18.3. The van der Waals surface area contributed by atoms with Crippen LogP contribution in [0.3, 0.4) is 0 Å². The lowest BCUT2D eigenvalue weighted by molar-refractivity contribution is -0.131. The summed E-state index contributed by atoms with van der Waals surface area (Å²) in [6, 6.07) is 10.7. The van der Waals surface area contributed by atoms with Crippen molar-refractivity contribution in [2.24, 2.45) is 0 Å². The molecule has 130 valence electrons. The molecule has 1 N–H and O–H groups in total. The molecule has 25 heavy (non-hydrogen) atoms. The summed E-state index contributed by atoms with van der Waals surface area (Å²) in [7, 11) is 1.55. The van der Waals surface area contributed by atoms with Crippen molar-refractivity contribution in [2.75, 3.05) is 7.11 Å². The van der Waals surface area contributed by atoms with Crippen molar-refractivity contribution in [3.8, 4) is 11.5 Å². The molecule has 0 amide bonds. The highest BCUT2D eigenvalue weighted by atomic mass is 16.5. The molecule has 0 fully saturated rings. The Bertz CT molecular complexity index is 821.